The van der Waals surface area contributed by atoms with Crippen molar-refractivity contribution in [2.45, 2.75) is 18.9 Å². The minimum atomic E-state index is -0.125. The van der Waals surface area contributed by atoms with Gasteiger partial charge in [0, 0.05) is 37.8 Å². The van der Waals surface area contributed by atoms with Crippen molar-refractivity contribution in [2.24, 2.45) is 5.92 Å². The normalized spacial score (nSPS) is 25.9. The van der Waals surface area contributed by atoms with Crippen LogP contribution in [0.3, 0.4) is 0 Å². The minimum absolute atomic E-state index is 0.125. The van der Waals surface area contributed by atoms with Gasteiger partial charge in [-0.05, 0) is 37.9 Å². The number of carbonyl (C=O) groups excluding carboxylic acids is 1. The predicted octanol–water partition coefficient (Wildman–Crippen LogP) is 2.37. The number of carbonyl (C=O) groups is 1. The van der Waals surface area contributed by atoms with Gasteiger partial charge in [-0.25, -0.2) is 0 Å². The van der Waals surface area contributed by atoms with Gasteiger partial charge in [0.05, 0.1) is 5.56 Å². The fourth-order valence-corrected chi connectivity index (χ4v) is 3.93. The van der Waals surface area contributed by atoms with E-state index in [1.807, 2.05) is 14.1 Å². The number of oxazole rings is 1. The Morgan fingerprint density at radius 3 is 2.75 bits per heavy atom. The van der Waals surface area contributed by atoms with E-state index >= 15 is 0 Å². The molecule has 2 bridgehead atoms. The summed E-state index contributed by atoms with van der Waals surface area (Å²) >= 11 is 6.17. The molecule has 6 nitrogen and oxygen atoms in total. The zero-order valence-corrected chi connectivity index (χ0v) is 14.6. The number of nitrogens with one attached hydrogen (secondary N) is 1. The standard InChI is InChI=1S/C17H21ClN4O2/c1-21(2)17-20-15-12(7-11(18)8-14(15)24-17)16(23)19-13-9-22-5-3-10(13)4-6-22/h7-8,10,13H,3-6,9H2,1-2H3,(H,19,23)/t13-/m1/s1. The third-order valence-electron chi connectivity index (χ3n) is 5.05. The number of benzene rings is 1. The van der Waals surface area contributed by atoms with Gasteiger partial charge in [0.2, 0.25) is 0 Å². The van der Waals surface area contributed by atoms with Crippen molar-refractivity contribution in [3.05, 3.63) is 22.7 Å². The summed E-state index contributed by atoms with van der Waals surface area (Å²) in [6.45, 7) is 3.23. The van der Waals surface area contributed by atoms with Gasteiger partial charge >= 0.3 is 0 Å². The SMILES string of the molecule is CN(C)c1nc2c(C(=O)N[C@@H]3CN4CCC3CC4)cc(Cl)cc2o1. The highest BCUT2D eigenvalue weighted by Gasteiger charge is 2.35. The number of hydrogen-bond acceptors (Lipinski definition) is 5. The Kier molecular flexibility index (Phi) is 3.89. The molecule has 1 aromatic heterocycles. The van der Waals surface area contributed by atoms with E-state index in [4.69, 9.17) is 16.0 Å². The van der Waals surface area contributed by atoms with Gasteiger partial charge in [0.1, 0.15) is 5.52 Å². The first kappa shape index (κ1) is 15.7. The average molecular weight is 349 g/mol. The Morgan fingerprint density at radius 1 is 1.38 bits per heavy atom. The van der Waals surface area contributed by atoms with Gasteiger partial charge in [-0.1, -0.05) is 11.6 Å². The molecule has 0 saturated carbocycles. The first-order valence-electron chi connectivity index (χ1n) is 8.32. The first-order valence-corrected chi connectivity index (χ1v) is 8.69. The summed E-state index contributed by atoms with van der Waals surface area (Å²) < 4.78 is 5.68. The number of rotatable bonds is 3. The van der Waals surface area contributed by atoms with Gasteiger partial charge in [0.25, 0.3) is 11.9 Å². The predicted molar refractivity (Wildman–Crippen MR) is 93.8 cm³/mol. The maximum absolute atomic E-state index is 12.9. The van der Waals surface area contributed by atoms with Crippen LogP contribution < -0.4 is 10.2 Å². The van der Waals surface area contributed by atoms with Gasteiger partial charge in [-0.2, -0.15) is 4.98 Å². The molecule has 3 saturated heterocycles. The lowest BCUT2D eigenvalue weighted by molar-refractivity contribution is 0.0621. The number of aromatic nitrogens is 1. The summed E-state index contributed by atoms with van der Waals surface area (Å²) in [6.07, 6.45) is 2.31. The second-order valence-corrected chi connectivity index (χ2v) is 7.35. The smallest absolute Gasteiger partial charge is 0.297 e. The summed E-state index contributed by atoms with van der Waals surface area (Å²) in [5, 5.41) is 3.66. The van der Waals surface area contributed by atoms with Crippen LogP contribution in [0.25, 0.3) is 11.1 Å². The zero-order chi connectivity index (χ0) is 16.8. The zero-order valence-electron chi connectivity index (χ0n) is 13.9. The van der Waals surface area contributed by atoms with E-state index in [9.17, 15) is 4.79 Å². The van der Waals surface area contributed by atoms with Crippen LogP contribution in [0.5, 0.6) is 0 Å². The second-order valence-electron chi connectivity index (χ2n) is 6.91. The van der Waals surface area contributed by atoms with Crippen molar-refractivity contribution in [1.29, 1.82) is 0 Å². The molecular formula is C17H21ClN4O2. The Morgan fingerprint density at radius 2 is 2.12 bits per heavy atom. The molecule has 0 radical (unpaired) electrons. The van der Waals surface area contributed by atoms with Crippen LogP contribution in [0, 0.1) is 5.92 Å². The molecular weight excluding hydrogens is 328 g/mol. The van der Waals surface area contributed by atoms with Crippen LogP contribution in [-0.2, 0) is 0 Å². The lowest BCUT2D eigenvalue weighted by atomic mass is 9.84. The molecule has 1 N–H and O–H groups in total. The highest BCUT2D eigenvalue weighted by molar-refractivity contribution is 6.32. The Labute approximate surface area is 145 Å². The van der Waals surface area contributed by atoms with Gasteiger partial charge in [-0.3, -0.25) is 4.79 Å². The van der Waals surface area contributed by atoms with Crippen LogP contribution >= 0.6 is 11.6 Å². The monoisotopic (exact) mass is 348 g/mol. The fourth-order valence-electron chi connectivity index (χ4n) is 3.72. The van der Waals surface area contributed by atoms with Crippen molar-refractivity contribution >= 4 is 34.6 Å². The van der Waals surface area contributed by atoms with E-state index in [2.05, 4.69) is 15.2 Å². The summed E-state index contributed by atoms with van der Waals surface area (Å²) in [6, 6.07) is 4.03. The van der Waals surface area contributed by atoms with Crippen molar-refractivity contribution in [3.63, 3.8) is 0 Å². The third-order valence-corrected chi connectivity index (χ3v) is 5.27. The Bertz CT molecular complexity index is 780. The molecule has 3 aliphatic heterocycles. The van der Waals surface area contributed by atoms with Crippen molar-refractivity contribution in [1.82, 2.24) is 15.2 Å². The van der Waals surface area contributed by atoms with E-state index in [1.165, 1.54) is 0 Å². The van der Waals surface area contributed by atoms with Crippen LogP contribution in [0.15, 0.2) is 16.5 Å². The Hall–Kier alpha value is -1.79. The molecule has 4 heterocycles. The van der Waals surface area contributed by atoms with Gasteiger partial charge in [-0.15, -0.1) is 0 Å². The van der Waals surface area contributed by atoms with E-state index in [0.717, 1.165) is 32.5 Å². The van der Waals surface area contributed by atoms with E-state index in [-0.39, 0.29) is 11.9 Å². The molecule has 1 aromatic carbocycles. The lowest BCUT2D eigenvalue weighted by Gasteiger charge is -2.44. The first-order chi connectivity index (χ1) is 11.5. The summed E-state index contributed by atoms with van der Waals surface area (Å²) in [7, 11) is 3.69. The van der Waals surface area contributed by atoms with Crippen LogP contribution in [0.1, 0.15) is 23.2 Å². The summed E-state index contributed by atoms with van der Waals surface area (Å²) in [5.41, 5.74) is 1.57. The van der Waals surface area contributed by atoms with E-state index in [1.54, 1.807) is 17.0 Å². The highest BCUT2D eigenvalue weighted by Crippen LogP contribution is 2.30. The third kappa shape index (κ3) is 2.74. The number of piperidine rings is 3. The highest BCUT2D eigenvalue weighted by atomic mass is 35.5. The maximum atomic E-state index is 12.9. The topological polar surface area (TPSA) is 61.6 Å². The molecule has 5 rings (SSSR count). The van der Waals surface area contributed by atoms with Crippen LogP contribution in [0.4, 0.5) is 6.01 Å². The van der Waals surface area contributed by atoms with Crippen molar-refractivity contribution < 1.29 is 9.21 Å². The number of nitrogens with zero attached hydrogens (tertiary/aromatic N) is 3. The fraction of sp³-hybridized carbons (Fsp3) is 0.529. The second kappa shape index (κ2) is 5.93. The lowest BCUT2D eigenvalue weighted by Crippen LogP contribution is -2.57. The van der Waals surface area contributed by atoms with Gasteiger partial charge in [0.15, 0.2) is 5.58 Å². The largest absolute Gasteiger partial charge is 0.423 e. The van der Waals surface area contributed by atoms with E-state index in [0.29, 0.717) is 33.6 Å². The minimum Gasteiger partial charge on any atom is -0.423 e. The molecule has 3 fully saturated rings. The average Bonchev–Trinajstić information content (AvgIpc) is 2.99. The molecule has 24 heavy (non-hydrogen) atoms. The molecule has 1 atom stereocenters. The van der Waals surface area contributed by atoms with Crippen LogP contribution in [0.2, 0.25) is 5.02 Å². The van der Waals surface area contributed by atoms with Gasteiger partial charge < -0.3 is 19.5 Å². The molecule has 3 aliphatic rings. The molecule has 0 aliphatic carbocycles. The molecule has 128 valence electrons. The molecule has 1 amide bonds. The molecule has 7 heteroatoms. The summed E-state index contributed by atoms with van der Waals surface area (Å²) in [4.78, 5) is 21.5. The molecule has 0 spiro atoms. The maximum Gasteiger partial charge on any atom is 0.297 e. The van der Waals surface area contributed by atoms with E-state index < -0.39 is 0 Å². The molecule has 0 unspecified atom stereocenters. The quantitative estimate of drug-likeness (QED) is 0.922. The van der Waals surface area contributed by atoms with Crippen LogP contribution in [-0.4, -0.2) is 55.6 Å². The van der Waals surface area contributed by atoms with Crippen molar-refractivity contribution in [3.8, 4) is 0 Å². The number of anilines is 1. The number of amides is 1. The number of hydrogen-bond donors (Lipinski definition) is 1. The summed E-state index contributed by atoms with van der Waals surface area (Å²) in [5.74, 6) is 0.447. The Balaban J connectivity index is 1.64. The number of fused-ring (bicyclic) bond motifs is 4. The number of halogens is 1. The van der Waals surface area contributed by atoms with Crippen molar-refractivity contribution in [2.75, 3.05) is 38.6 Å². The molecule has 2 aromatic rings.